The van der Waals surface area contributed by atoms with Crippen LogP contribution in [0.5, 0.6) is 0 Å². The van der Waals surface area contributed by atoms with Crippen molar-refractivity contribution in [3.8, 4) is 0 Å². The normalized spacial score (nSPS) is 15.9. The fraction of sp³-hybridized carbons (Fsp3) is 0.389. The molecular formula is C36H41N5O6. The lowest BCUT2D eigenvalue weighted by Crippen LogP contribution is -2.57. The fourth-order valence-electron chi connectivity index (χ4n) is 5.85. The summed E-state index contributed by atoms with van der Waals surface area (Å²) in [4.78, 5) is 59.4. The Bertz CT molecular complexity index is 1710. The minimum atomic E-state index is -0.935. The molecule has 0 saturated carbocycles. The highest BCUT2D eigenvalue weighted by atomic mass is 16.5. The number of ether oxygens (including phenoxy) is 1. The molecule has 3 aromatic carbocycles. The van der Waals surface area contributed by atoms with Gasteiger partial charge in [-0.15, -0.1) is 0 Å². The number of nitrogens with zero attached hydrogens (tertiary/aromatic N) is 3. The Morgan fingerprint density at radius 3 is 2.34 bits per heavy atom. The molecule has 1 saturated heterocycles. The van der Waals surface area contributed by atoms with Crippen LogP contribution in [0.3, 0.4) is 0 Å². The van der Waals surface area contributed by atoms with Crippen molar-refractivity contribution < 1.29 is 28.4 Å². The molecule has 4 aromatic rings. The van der Waals surface area contributed by atoms with Gasteiger partial charge in [-0.3, -0.25) is 14.4 Å². The zero-order valence-corrected chi connectivity index (χ0v) is 27.1. The molecule has 47 heavy (non-hydrogen) atoms. The van der Waals surface area contributed by atoms with Crippen LogP contribution in [-0.4, -0.2) is 63.4 Å². The molecule has 1 aliphatic heterocycles. The van der Waals surface area contributed by atoms with E-state index in [-0.39, 0.29) is 30.2 Å². The Morgan fingerprint density at radius 1 is 0.894 bits per heavy atom. The first-order valence-corrected chi connectivity index (χ1v) is 16.0. The predicted octanol–water partition coefficient (Wildman–Crippen LogP) is 5.08. The number of carbonyl (C=O) groups excluding carboxylic acids is 4. The molecule has 2 heterocycles. The summed E-state index contributed by atoms with van der Waals surface area (Å²) < 4.78 is 10.8. The molecule has 0 aliphatic carbocycles. The van der Waals surface area contributed by atoms with Gasteiger partial charge in [0.15, 0.2) is 0 Å². The second-order valence-electron chi connectivity index (χ2n) is 12.5. The number of carbonyl (C=O) groups is 4. The lowest BCUT2D eigenvalue weighted by molar-refractivity contribution is -0.141. The van der Waals surface area contributed by atoms with Crippen molar-refractivity contribution >= 4 is 34.5 Å². The summed E-state index contributed by atoms with van der Waals surface area (Å²) in [7, 11) is 0. The lowest BCUT2D eigenvalue weighted by Gasteiger charge is -2.31. The van der Waals surface area contributed by atoms with Gasteiger partial charge in [0.1, 0.15) is 18.7 Å². The van der Waals surface area contributed by atoms with Gasteiger partial charge >= 0.3 is 6.09 Å². The molecule has 5 rings (SSSR count). The SMILES string of the molecule is CC(C)[C@H](NC(=O)[C@@H]1CCCN1C(=O)[C@@H](NC(=O)OCc1ccccc1)C(C)C)C(=O)c1noc(Cc2cccc3ccccc23)n1. The molecule has 0 radical (unpaired) electrons. The third-order valence-electron chi connectivity index (χ3n) is 8.41. The number of hydrogen-bond donors (Lipinski definition) is 2. The summed E-state index contributed by atoms with van der Waals surface area (Å²) >= 11 is 0. The molecule has 1 fully saturated rings. The number of ketones is 1. The molecule has 0 spiro atoms. The number of likely N-dealkylation sites (tertiary alicyclic amines) is 1. The monoisotopic (exact) mass is 639 g/mol. The van der Waals surface area contributed by atoms with E-state index in [1.807, 2.05) is 100 Å². The fourth-order valence-corrected chi connectivity index (χ4v) is 5.85. The van der Waals surface area contributed by atoms with E-state index in [1.54, 1.807) is 0 Å². The van der Waals surface area contributed by atoms with Gasteiger partial charge in [0.05, 0.1) is 12.5 Å². The van der Waals surface area contributed by atoms with E-state index in [0.717, 1.165) is 21.9 Å². The van der Waals surface area contributed by atoms with E-state index in [1.165, 1.54) is 4.90 Å². The molecular weight excluding hydrogens is 598 g/mol. The molecule has 3 atom stereocenters. The first-order chi connectivity index (χ1) is 22.6. The average Bonchev–Trinajstić information content (AvgIpc) is 3.75. The lowest BCUT2D eigenvalue weighted by atomic mass is 9.98. The van der Waals surface area contributed by atoms with Crippen LogP contribution in [0.2, 0.25) is 0 Å². The Hall–Kier alpha value is -5.06. The van der Waals surface area contributed by atoms with Crippen molar-refractivity contribution in [1.82, 2.24) is 25.7 Å². The molecule has 0 unspecified atom stereocenters. The molecule has 11 nitrogen and oxygen atoms in total. The second kappa shape index (κ2) is 15.0. The topological polar surface area (TPSA) is 144 Å². The minimum absolute atomic E-state index is 0.0656. The third-order valence-corrected chi connectivity index (χ3v) is 8.41. The Kier molecular flexibility index (Phi) is 10.6. The van der Waals surface area contributed by atoms with E-state index in [0.29, 0.717) is 31.7 Å². The van der Waals surface area contributed by atoms with Crippen molar-refractivity contribution in [3.05, 3.63) is 95.6 Å². The van der Waals surface area contributed by atoms with E-state index >= 15 is 0 Å². The van der Waals surface area contributed by atoms with Crippen molar-refractivity contribution in [2.24, 2.45) is 11.8 Å². The predicted molar refractivity (Wildman–Crippen MR) is 175 cm³/mol. The van der Waals surface area contributed by atoms with Crippen LogP contribution >= 0.6 is 0 Å². The van der Waals surface area contributed by atoms with Crippen LogP contribution < -0.4 is 10.6 Å². The van der Waals surface area contributed by atoms with E-state index < -0.39 is 35.9 Å². The standard InChI is InChI=1S/C36H41N5O6/c1-22(2)30(32(42)33-37-29(47-40-33)20-26-16-10-15-25-14-8-9-17-27(25)26)38-34(43)28-18-11-19-41(28)35(44)31(23(3)4)39-36(45)46-21-24-12-6-5-7-13-24/h5-10,12-17,22-23,28,30-31H,11,18-21H2,1-4H3,(H,38,43)(H,39,45)/t28-,30-,31-/m0/s1. The number of amides is 3. The summed E-state index contributed by atoms with van der Waals surface area (Å²) in [6.45, 7) is 7.68. The molecule has 3 amide bonds. The van der Waals surface area contributed by atoms with E-state index in [4.69, 9.17) is 9.26 Å². The molecule has 1 aromatic heterocycles. The Balaban J connectivity index is 1.23. The number of aromatic nitrogens is 2. The van der Waals surface area contributed by atoms with Gasteiger partial charge in [-0.25, -0.2) is 4.79 Å². The maximum absolute atomic E-state index is 13.7. The number of alkyl carbamates (subject to hydrolysis) is 1. The van der Waals surface area contributed by atoms with E-state index in [9.17, 15) is 19.2 Å². The summed E-state index contributed by atoms with van der Waals surface area (Å²) in [5.74, 6) is -1.67. The first kappa shape index (κ1) is 33.3. The molecule has 246 valence electrons. The zero-order valence-electron chi connectivity index (χ0n) is 27.1. The quantitative estimate of drug-likeness (QED) is 0.204. The van der Waals surface area contributed by atoms with E-state index in [2.05, 4.69) is 20.8 Å². The first-order valence-electron chi connectivity index (χ1n) is 16.0. The van der Waals surface area contributed by atoms with Crippen LogP contribution in [0.15, 0.2) is 77.3 Å². The second-order valence-corrected chi connectivity index (χ2v) is 12.5. The van der Waals surface area contributed by atoms with Gasteiger partial charge in [0.25, 0.3) is 0 Å². The van der Waals surface area contributed by atoms with Crippen LogP contribution in [0, 0.1) is 11.8 Å². The van der Waals surface area contributed by atoms with Crippen LogP contribution in [0.4, 0.5) is 4.79 Å². The van der Waals surface area contributed by atoms with Crippen LogP contribution in [-0.2, 0) is 27.4 Å². The number of Topliss-reactive ketones (excluding diaryl/α,β-unsaturated/α-hetero) is 1. The minimum Gasteiger partial charge on any atom is -0.445 e. The van der Waals surface area contributed by atoms with Gasteiger partial charge in [-0.05, 0) is 46.6 Å². The molecule has 11 heteroatoms. The summed E-state index contributed by atoms with van der Waals surface area (Å²) in [6.07, 6.45) is 0.670. The number of fused-ring (bicyclic) bond motifs is 1. The number of hydrogen-bond acceptors (Lipinski definition) is 8. The van der Waals surface area contributed by atoms with Crippen LogP contribution in [0.1, 0.15) is 68.2 Å². The third kappa shape index (κ3) is 8.03. The smallest absolute Gasteiger partial charge is 0.408 e. The molecule has 0 bridgehead atoms. The largest absolute Gasteiger partial charge is 0.445 e. The van der Waals surface area contributed by atoms with Gasteiger partial charge in [-0.2, -0.15) is 4.98 Å². The van der Waals surface area contributed by atoms with Crippen molar-refractivity contribution in [1.29, 1.82) is 0 Å². The number of nitrogens with one attached hydrogen (secondary N) is 2. The molecule has 2 N–H and O–H groups in total. The highest BCUT2D eigenvalue weighted by molar-refractivity contribution is 6.00. The highest BCUT2D eigenvalue weighted by Gasteiger charge is 2.40. The maximum atomic E-state index is 13.7. The van der Waals surface area contributed by atoms with Crippen LogP contribution in [0.25, 0.3) is 10.8 Å². The van der Waals surface area contributed by atoms with Crippen molar-refractivity contribution in [3.63, 3.8) is 0 Å². The van der Waals surface area contributed by atoms with Crippen molar-refractivity contribution in [2.45, 2.75) is 71.7 Å². The Labute approximate surface area is 274 Å². The summed E-state index contributed by atoms with van der Waals surface area (Å²) in [6, 6.07) is 20.6. The average molecular weight is 640 g/mol. The van der Waals surface area contributed by atoms with Gasteiger partial charge in [-0.1, -0.05) is 106 Å². The van der Waals surface area contributed by atoms with Gasteiger partial charge in [0.2, 0.25) is 29.3 Å². The van der Waals surface area contributed by atoms with Gasteiger partial charge < -0.3 is 24.8 Å². The highest BCUT2D eigenvalue weighted by Crippen LogP contribution is 2.23. The molecule has 1 aliphatic rings. The summed E-state index contributed by atoms with van der Waals surface area (Å²) in [5.41, 5.74) is 1.81. The van der Waals surface area contributed by atoms with Crippen molar-refractivity contribution in [2.75, 3.05) is 6.54 Å². The zero-order chi connectivity index (χ0) is 33.5. The Morgan fingerprint density at radius 2 is 1.60 bits per heavy atom. The van der Waals surface area contributed by atoms with Gasteiger partial charge in [0, 0.05) is 6.54 Å². The summed E-state index contributed by atoms with van der Waals surface area (Å²) in [5, 5.41) is 11.6. The number of rotatable bonds is 12. The maximum Gasteiger partial charge on any atom is 0.408 e. The number of benzene rings is 3.